The molecule has 0 radical (unpaired) electrons. The van der Waals surface area contributed by atoms with Crippen molar-refractivity contribution in [2.45, 2.75) is 33.5 Å². The molecule has 0 aliphatic rings. The summed E-state index contributed by atoms with van der Waals surface area (Å²) in [5, 5.41) is 0. The lowest BCUT2D eigenvalue weighted by atomic mass is 10.3. The van der Waals surface area contributed by atoms with Crippen LogP contribution in [0.1, 0.15) is 13.8 Å². The molecule has 4 heteroatoms. The van der Waals surface area contributed by atoms with Gasteiger partial charge in [-0.3, -0.25) is 10.3 Å². The van der Waals surface area contributed by atoms with Crippen molar-refractivity contribution in [1.82, 2.24) is 5.48 Å². The van der Waals surface area contributed by atoms with Gasteiger partial charge in [0.2, 0.25) is 8.32 Å². The second kappa shape index (κ2) is 4.42. The van der Waals surface area contributed by atoms with Crippen LogP contribution in [0.3, 0.4) is 0 Å². The SMILES string of the molecule is CC(=O)C=C(C)NO[Si](C)(C)C. The average molecular weight is 187 g/mol. The van der Waals surface area contributed by atoms with E-state index in [1.54, 1.807) is 0 Å². The molecule has 12 heavy (non-hydrogen) atoms. The van der Waals surface area contributed by atoms with E-state index in [4.69, 9.17) is 4.53 Å². The van der Waals surface area contributed by atoms with Gasteiger partial charge in [0.1, 0.15) is 0 Å². The number of rotatable bonds is 4. The minimum absolute atomic E-state index is 0.0270. The Morgan fingerprint density at radius 1 is 1.33 bits per heavy atom. The number of nitrogens with one attached hydrogen (secondary N) is 1. The fourth-order valence-electron chi connectivity index (χ4n) is 0.568. The Morgan fingerprint density at radius 2 is 1.83 bits per heavy atom. The van der Waals surface area contributed by atoms with E-state index in [-0.39, 0.29) is 5.78 Å². The summed E-state index contributed by atoms with van der Waals surface area (Å²) in [5.41, 5.74) is 3.51. The van der Waals surface area contributed by atoms with Crippen LogP contribution < -0.4 is 5.48 Å². The second-order valence-electron chi connectivity index (χ2n) is 3.75. The number of ketones is 1. The molecule has 0 unspecified atom stereocenters. The van der Waals surface area contributed by atoms with Crippen LogP contribution in [0.4, 0.5) is 0 Å². The first-order valence-corrected chi connectivity index (χ1v) is 7.35. The van der Waals surface area contributed by atoms with E-state index in [2.05, 4.69) is 25.1 Å². The molecule has 0 saturated heterocycles. The summed E-state index contributed by atoms with van der Waals surface area (Å²) in [4.78, 5) is 10.6. The van der Waals surface area contributed by atoms with Crippen molar-refractivity contribution in [3.63, 3.8) is 0 Å². The van der Waals surface area contributed by atoms with Crippen LogP contribution in [-0.4, -0.2) is 14.1 Å². The lowest BCUT2D eigenvalue weighted by Gasteiger charge is -2.17. The molecule has 0 aromatic carbocycles. The van der Waals surface area contributed by atoms with Crippen LogP contribution in [0.15, 0.2) is 11.8 Å². The third-order valence-corrected chi connectivity index (χ3v) is 1.65. The van der Waals surface area contributed by atoms with E-state index in [1.165, 1.54) is 13.0 Å². The standard InChI is InChI=1S/C8H17NO2Si/c1-7(6-8(2)10)9-11-12(3,4)5/h6,9H,1-5H3. The van der Waals surface area contributed by atoms with Gasteiger partial charge in [-0.2, -0.15) is 0 Å². The largest absolute Gasteiger partial charge is 0.323 e. The van der Waals surface area contributed by atoms with E-state index in [0.29, 0.717) is 0 Å². The topological polar surface area (TPSA) is 38.3 Å². The van der Waals surface area contributed by atoms with Crippen molar-refractivity contribution in [3.05, 3.63) is 11.8 Å². The zero-order valence-electron chi connectivity index (χ0n) is 8.39. The predicted octanol–water partition coefficient (Wildman–Crippen LogP) is 1.84. The molecule has 1 N–H and O–H groups in total. The molecule has 0 rings (SSSR count). The zero-order chi connectivity index (χ0) is 9.78. The Bertz CT molecular complexity index is 194. The van der Waals surface area contributed by atoms with Crippen LogP contribution in [0.5, 0.6) is 0 Å². The van der Waals surface area contributed by atoms with Crippen molar-refractivity contribution in [1.29, 1.82) is 0 Å². The molecule has 0 fully saturated rings. The summed E-state index contributed by atoms with van der Waals surface area (Å²) < 4.78 is 5.36. The molecular weight excluding hydrogens is 170 g/mol. The van der Waals surface area contributed by atoms with E-state index >= 15 is 0 Å². The Labute approximate surface area is 74.9 Å². The third kappa shape index (κ3) is 7.49. The summed E-state index contributed by atoms with van der Waals surface area (Å²) in [6, 6.07) is 0. The van der Waals surface area contributed by atoms with Crippen LogP contribution >= 0.6 is 0 Å². The van der Waals surface area contributed by atoms with Crippen molar-refractivity contribution in [2.24, 2.45) is 0 Å². The van der Waals surface area contributed by atoms with Crippen LogP contribution in [0, 0.1) is 0 Å². The highest BCUT2D eigenvalue weighted by Crippen LogP contribution is 2.00. The van der Waals surface area contributed by atoms with Gasteiger partial charge in [-0.15, -0.1) is 0 Å². The first kappa shape index (κ1) is 11.4. The molecular formula is C8H17NO2Si. The molecule has 0 spiro atoms. The first-order chi connectivity index (χ1) is 5.31. The molecule has 0 aliphatic heterocycles. The van der Waals surface area contributed by atoms with Gasteiger partial charge >= 0.3 is 0 Å². The van der Waals surface area contributed by atoms with Gasteiger partial charge in [0, 0.05) is 11.8 Å². The van der Waals surface area contributed by atoms with E-state index in [1.807, 2.05) is 6.92 Å². The van der Waals surface area contributed by atoms with Gasteiger partial charge in [-0.1, -0.05) is 0 Å². The molecule has 0 aromatic heterocycles. The molecule has 0 aromatic rings. The second-order valence-corrected chi connectivity index (χ2v) is 8.18. The average Bonchev–Trinajstić information content (AvgIpc) is 1.80. The van der Waals surface area contributed by atoms with Gasteiger partial charge in [0.25, 0.3) is 0 Å². The number of carbonyl (C=O) groups excluding carboxylic acids is 1. The molecule has 0 atom stereocenters. The smallest absolute Gasteiger partial charge is 0.220 e. The van der Waals surface area contributed by atoms with Crippen LogP contribution in [-0.2, 0) is 9.32 Å². The van der Waals surface area contributed by atoms with E-state index in [9.17, 15) is 4.79 Å². The maximum absolute atomic E-state index is 10.6. The highest BCUT2D eigenvalue weighted by molar-refractivity contribution is 6.69. The molecule has 3 nitrogen and oxygen atoms in total. The summed E-state index contributed by atoms with van der Waals surface area (Å²) >= 11 is 0. The van der Waals surface area contributed by atoms with Crippen molar-refractivity contribution >= 4 is 14.1 Å². The summed E-state index contributed by atoms with van der Waals surface area (Å²) in [7, 11) is -1.53. The van der Waals surface area contributed by atoms with Crippen LogP contribution in [0.2, 0.25) is 19.6 Å². The number of hydrogen-bond donors (Lipinski definition) is 1. The fraction of sp³-hybridized carbons (Fsp3) is 0.625. The molecule has 0 saturated carbocycles. The maximum Gasteiger partial charge on any atom is 0.220 e. The monoisotopic (exact) mass is 187 g/mol. The number of carbonyl (C=O) groups is 1. The van der Waals surface area contributed by atoms with Crippen molar-refractivity contribution < 1.29 is 9.32 Å². The Morgan fingerprint density at radius 3 is 2.17 bits per heavy atom. The first-order valence-electron chi connectivity index (χ1n) is 3.94. The number of hydroxylamine groups is 1. The third-order valence-electron chi connectivity index (χ3n) is 0.938. The van der Waals surface area contributed by atoms with Crippen molar-refractivity contribution in [3.8, 4) is 0 Å². The molecule has 0 aliphatic carbocycles. The Hall–Kier alpha value is -0.613. The minimum atomic E-state index is -1.53. The molecule has 0 bridgehead atoms. The van der Waals surface area contributed by atoms with Gasteiger partial charge in [0.05, 0.1) is 0 Å². The van der Waals surface area contributed by atoms with Gasteiger partial charge in [-0.05, 0) is 33.5 Å². The highest BCUT2D eigenvalue weighted by atomic mass is 28.4. The van der Waals surface area contributed by atoms with Gasteiger partial charge in [-0.25, -0.2) is 0 Å². The molecule has 70 valence electrons. The fourth-order valence-corrected chi connectivity index (χ4v) is 1.04. The predicted molar refractivity (Wildman–Crippen MR) is 52.0 cm³/mol. The molecule has 0 amide bonds. The normalized spacial score (nSPS) is 12.9. The lowest BCUT2D eigenvalue weighted by Crippen LogP contribution is -2.32. The summed E-state index contributed by atoms with van der Waals surface area (Å²) in [5.74, 6) is 0.0270. The van der Waals surface area contributed by atoms with E-state index in [0.717, 1.165) is 5.70 Å². The maximum atomic E-state index is 10.6. The summed E-state index contributed by atoms with van der Waals surface area (Å²) in [6.45, 7) is 9.53. The lowest BCUT2D eigenvalue weighted by molar-refractivity contribution is -0.112. The van der Waals surface area contributed by atoms with Crippen LogP contribution in [0.25, 0.3) is 0 Å². The minimum Gasteiger partial charge on any atom is -0.323 e. The quantitative estimate of drug-likeness (QED) is 0.414. The molecule has 0 heterocycles. The Kier molecular flexibility index (Phi) is 4.20. The van der Waals surface area contributed by atoms with E-state index < -0.39 is 8.32 Å². The Balaban J connectivity index is 3.87. The number of allylic oxidation sites excluding steroid dienone is 2. The zero-order valence-corrected chi connectivity index (χ0v) is 9.39. The van der Waals surface area contributed by atoms with Gasteiger partial charge in [0.15, 0.2) is 5.78 Å². The highest BCUT2D eigenvalue weighted by Gasteiger charge is 2.14. The van der Waals surface area contributed by atoms with Gasteiger partial charge < -0.3 is 4.53 Å². The number of hydrogen-bond acceptors (Lipinski definition) is 3. The van der Waals surface area contributed by atoms with Crippen molar-refractivity contribution in [2.75, 3.05) is 0 Å². The summed E-state index contributed by atoms with van der Waals surface area (Å²) in [6.07, 6.45) is 1.51.